The maximum atomic E-state index is 13.9. The number of thiophene rings is 1. The Bertz CT molecular complexity index is 504. The molecular weight excluding hydrogens is 252 g/mol. The van der Waals surface area contributed by atoms with Gasteiger partial charge in [-0.05, 0) is 30.0 Å². The molecule has 0 aliphatic carbocycles. The predicted molar refractivity (Wildman–Crippen MR) is 70.8 cm³/mol. The second kappa shape index (κ2) is 5.16. The van der Waals surface area contributed by atoms with Crippen molar-refractivity contribution in [3.63, 3.8) is 0 Å². The Morgan fingerprint density at radius 2 is 1.83 bits per heavy atom. The molecule has 2 rings (SSSR count). The zero-order chi connectivity index (χ0) is 13.2. The minimum absolute atomic E-state index is 0.0842. The molecule has 1 aromatic heterocycles. The molecular formula is C14H15F2NS. The number of benzene rings is 1. The molecule has 0 amide bonds. The largest absolute Gasteiger partial charge is 0.330 e. The van der Waals surface area contributed by atoms with Crippen LogP contribution in [0.25, 0.3) is 0 Å². The summed E-state index contributed by atoms with van der Waals surface area (Å²) in [5.74, 6) is -1.06. The van der Waals surface area contributed by atoms with Gasteiger partial charge in [-0.15, -0.1) is 11.3 Å². The summed E-state index contributed by atoms with van der Waals surface area (Å²) in [7, 11) is 0. The summed E-state index contributed by atoms with van der Waals surface area (Å²) in [4.78, 5) is 1.07. The minimum atomic E-state index is -0.722. The summed E-state index contributed by atoms with van der Waals surface area (Å²) in [6.07, 6.45) is 0.541. The normalized spacial score (nSPS) is 14.4. The van der Waals surface area contributed by atoms with Gasteiger partial charge in [-0.25, -0.2) is 8.78 Å². The van der Waals surface area contributed by atoms with Gasteiger partial charge in [-0.2, -0.15) is 0 Å². The highest BCUT2D eigenvalue weighted by Gasteiger charge is 2.31. The smallest absolute Gasteiger partial charge is 0.129 e. The first kappa shape index (κ1) is 13.2. The van der Waals surface area contributed by atoms with Gasteiger partial charge in [0.05, 0.1) is 0 Å². The van der Waals surface area contributed by atoms with Crippen molar-refractivity contribution in [2.45, 2.75) is 18.8 Å². The third-order valence-corrected chi connectivity index (χ3v) is 4.04. The Morgan fingerprint density at radius 1 is 1.17 bits per heavy atom. The average Bonchev–Trinajstić information content (AvgIpc) is 2.81. The van der Waals surface area contributed by atoms with E-state index in [0.29, 0.717) is 6.42 Å². The van der Waals surface area contributed by atoms with Crippen LogP contribution in [0.15, 0.2) is 35.7 Å². The maximum Gasteiger partial charge on any atom is 0.129 e. The van der Waals surface area contributed by atoms with E-state index in [4.69, 9.17) is 5.73 Å². The first-order valence-corrected chi connectivity index (χ1v) is 6.62. The van der Waals surface area contributed by atoms with Crippen LogP contribution in [-0.4, -0.2) is 6.54 Å². The van der Waals surface area contributed by atoms with E-state index in [1.165, 1.54) is 18.2 Å². The van der Waals surface area contributed by atoms with Crippen LogP contribution in [0.2, 0.25) is 0 Å². The highest BCUT2D eigenvalue weighted by Crippen LogP contribution is 2.32. The molecule has 0 bridgehead atoms. The second-order valence-corrected chi connectivity index (χ2v) is 5.65. The van der Waals surface area contributed by atoms with Gasteiger partial charge < -0.3 is 5.73 Å². The quantitative estimate of drug-likeness (QED) is 0.901. The fraction of sp³-hybridized carbons (Fsp3) is 0.286. The van der Waals surface area contributed by atoms with E-state index in [0.717, 1.165) is 4.88 Å². The molecule has 1 aromatic carbocycles. The van der Waals surface area contributed by atoms with Crippen molar-refractivity contribution in [1.29, 1.82) is 0 Å². The van der Waals surface area contributed by atoms with Gasteiger partial charge in [0.1, 0.15) is 11.6 Å². The van der Waals surface area contributed by atoms with E-state index in [-0.39, 0.29) is 12.1 Å². The summed E-state index contributed by atoms with van der Waals surface area (Å²) in [5.41, 5.74) is 5.13. The monoisotopic (exact) mass is 267 g/mol. The molecule has 0 saturated carbocycles. The van der Waals surface area contributed by atoms with Crippen LogP contribution < -0.4 is 5.73 Å². The van der Waals surface area contributed by atoms with Crippen LogP contribution in [0.3, 0.4) is 0 Å². The first-order valence-electron chi connectivity index (χ1n) is 5.74. The van der Waals surface area contributed by atoms with Crippen molar-refractivity contribution < 1.29 is 8.78 Å². The first-order chi connectivity index (χ1) is 8.57. The SMILES string of the molecule is CC(CN)(Cc1cccs1)c1c(F)cccc1F. The Hall–Kier alpha value is -1.26. The van der Waals surface area contributed by atoms with Gasteiger partial charge in [-0.3, -0.25) is 0 Å². The predicted octanol–water partition coefficient (Wildman–Crippen LogP) is 3.49. The van der Waals surface area contributed by atoms with Gasteiger partial charge in [0.25, 0.3) is 0 Å². The fourth-order valence-corrected chi connectivity index (χ4v) is 3.03. The molecule has 96 valence electrons. The van der Waals surface area contributed by atoms with E-state index in [1.807, 2.05) is 17.5 Å². The topological polar surface area (TPSA) is 26.0 Å². The summed E-state index contributed by atoms with van der Waals surface area (Å²) in [5, 5.41) is 1.95. The zero-order valence-electron chi connectivity index (χ0n) is 10.1. The van der Waals surface area contributed by atoms with Crippen LogP contribution in [0, 0.1) is 11.6 Å². The van der Waals surface area contributed by atoms with Crippen molar-refractivity contribution >= 4 is 11.3 Å². The van der Waals surface area contributed by atoms with Crippen LogP contribution in [0.1, 0.15) is 17.4 Å². The van der Waals surface area contributed by atoms with E-state index in [1.54, 1.807) is 18.3 Å². The molecule has 0 saturated heterocycles. The number of halogens is 2. The lowest BCUT2D eigenvalue weighted by Gasteiger charge is -2.29. The van der Waals surface area contributed by atoms with Gasteiger partial charge in [0.15, 0.2) is 0 Å². The van der Waals surface area contributed by atoms with Gasteiger partial charge in [0.2, 0.25) is 0 Å². The summed E-state index contributed by atoms with van der Waals surface area (Å²) in [6, 6.07) is 7.81. The zero-order valence-corrected chi connectivity index (χ0v) is 10.9. The highest BCUT2D eigenvalue weighted by atomic mass is 32.1. The lowest BCUT2D eigenvalue weighted by Crippen LogP contribution is -2.36. The van der Waals surface area contributed by atoms with Crippen molar-refractivity contribution in [2.24, 2.45) is 5.73 Å². The molecule has 1 unspecified atom stereocenters. The molecule has 18 heavy (non-hydrogen) atoms. The Labute approximate surface area is 109 Å². The molecule has 1 nitrogen and oxygen atoms in total. The molecule has 1 heterocycles. The molecule has 4 heteroatoms. The number of nitrogens with two attached hydrogens (primary N) is 1. The summed E-state index contributed by atoms with van der Waals surface area (Å²) >= 11 is 1.57. The molecule has 0 spiro atoms. The fourth-order valence-electron chi connectivity index (χ4n) is 2.13. The molecule has 1 atom stereocenters. The van der Waals surface area contributed by atoms with Crippen molar-refractivity contribution in [3.8, 4) is 0 Å². The third kappa shape index (κ3) is 2.44. The Balaban J connectivity index is 2.43. The third-order valence-electron chi connectivity index (χ3n) is 3.16. The van der Waals surface area contributed by atoms with Crippen LogP contribution in [0.5, 0.6) is 0 Å². The lowest BCUT2D eigenvalue weighted by atomic mass is 9.78. The Morgan fingerprint density at radius 3 is 2.33 bits per heavy atom. The molecule has 0 radical (unpaired) electrons. The standard InChI is InChI=1S/C14H15F2NS/c1-14(9-17,8-10-4-3-7-18-10)13-11(15)5-2-6-12(13)16/h2-7H,8-9,17H2,1H3. The molecule has 0 aliphatic rings. The maximum absolute atomic E-state index is 13.9. The van der Waals surface area contributed by atoms with Crippen LogP contribution in [0.4, 0.5) is 8.78 Å². The highest BCUT2D eigenvalue weighted by molar-refractivity contribution is 7.09. The van der Waals surface area contributed by atoms with E-state index in [9.17, 15) is 8.78 Å². The lowest BCUT2D eigenvalue weighted by molar-refractivity contribution is 0.422. The van der Waals surface area contributed by atoms with E-state index >= 15 is 0 Å². The van der Waals surface area contributed by atoms with E-state index < -0.39 is 17.0 Å². The van der Waals surface area contributed by atoms with Gasteiger partial charge >= 0.3 is 0 Å². The molecule has 0 aliphatic heterocycles. The molecule has 2 N–H and O–H groups in total. The molecule has 2 aromatic rings. The number of hydrogen-bond acceptors (Lipinski definition) is 2. The van der Waals surface area contributed by atoms with Gasteiger partial charge in [0, 0.05) is 22.4 Å². The van der Waals surface area contributed by atoms with Crippen molar-refractivity contribution in [1.82, 2.24) is 0 Å². The van der Waals surface area contributed by atoms with Crippen LogP contribution in [-0.2, 0) is 11.8 Å². The number of rotatable bonds is 4. The van der Waals surface area contributed by atoms with Gasteiger partial charge in [-0.1, -0.05) is 19.1 Å². The van der Waals surface area contributed by atoms with Crippen LogP contribution >= 0.6 is 11.3 Å². The van der Waals surface area contributed by atoms with Crippen molar-refractivity contribution in [3.05, 3.63) is 57.8 Å². The Kier molecular flexibility index (Phi) is 3.78. The summed E-state index contributed by atoms with van der Waals surface area (Å²) < 4.78 is 27.7. The number of hydrogen-bond donors (Lipinski definition) is 1. The van der Waals surface area contributed by atoms with E-state index in [2.05, 4.69) is 0 Å². The van der Waals surface area contributed by atoms with Crippen molar-refractivity contribution in [2.75, 3.05) is 6.54 Å². The minimum Gasteiger partial charge on any atom is -0.330 e. The second-order valence-electron chi connectivity index (χ2n) is 4.62. The average molecular weight is 267 g/mol. The molecule has 0 fully saturated rings. The summed E-state index contributed by atoms with van der Waals surface area (Å²) in [6.45, 7) is 2.00.